The van der Waals surface area contributed by atoms with E-state index >= 15 is 0 Å². The van der Waals surface area contributed by atoms with Crippen LogP contribution < -0.4 is 20.9 Å². The Morgan fingerprint density at radius 3 is 2.41 bits per heavy atom. The topological polar surface area (TPSA) is 82.7 Å². The van der Waals surface area contributed by atoms with Crippen LogP contribution in [-0.4, -0.2) is 46.3 Å². The second-order valence-corrected chi connectivity index (χ2v) is 6.88. The number of anilines is 3. The first-order valence-electron chi connectivity index (χ1n) is 8.33. The van der Waals surface area contributed by atoms with Gasteiger partial charge in [-0.3, -0.25) is 4.79 Å². The summed E-state index contributed by atoms with van der Waals surface area (Å²) < 4.78 is 5.82. The second kappa shape index (κ2) is 9.94. The Labute approximate surface area is 167 Å². The summed E-state index contributed by atoms with van der Waals surface area (Å²) in [5.41, 5.74) is 2.40. The lowest BCUT2D eigenvalue weighted by Crippen LogP contribution is -2.29. The molecule has 0 aromatic heterocycles. The first-order valence-corrected chi connectivity index (χ1v) is 9.12. The molecular weight excluding hydrogens is 412 g/mol. The fourth-order valence-corrected chi connectivity index (χ4v) is 2.81. The Bertz CT molecular complexity index is 811. The second-order valence-electron chi connectivity index (χ2n) is 5.96. The first-order chi connectivity index (χ1) is 12.9. The highest BCUT2D eigenvalue weighted by molar-refractivity contribution is 9.10. The fraction of sp³-hybridized carbons (Fsp3) is 0.263. The molecular formula is C19H23BrN4O3. The van der Waals surface area contributed by atoms with Crippen LogP contribution in [0.5, 0.6) is 0 Å². The zero-order chi connectivity index (χ0) is 19.8. The van der Waals surface area contributed by atoms with Crippen LogP contribution in [0, 0.1) is 0 Å². The van der Waals surface area contributed by atoms with E-state index in [9.17, 15) is 9.59 Å². The van der Waals surface area contributed by atoms with Gasteiger partial charge in [-0.2, -0.15) is 0 Å². The number of hydrogen-bond acceptors (Lipinski definition) is 4. The van der Waals surface area contributed by atoms with Crippen molar-refractivity contribution < 1.29 is 14.3 Å². The number of carbonyl (C=O) groups excluding carboxylic acids is 2. The van der Waals surface area contributed by atoms with Crippen molar-refractivity contribution in [2.24, 2.45) is 0 Å². The maximum Gasteiger partial charge on any atom is 0.323 e. The molecule has 2 aromatic rings. The Balaban J connectivity index is 2.13. The van der Waals surface area contributed by atoms with Gasteiger partial charge < -0.3 is 25.6 Å². The molecule has 144 valence electrons. The van der Waals surface area contributed by atoms with Gasteiger partial charge in [-0.25, -0.2) is 4.79 Å². The molecule has 2 rings (SSSR count). The lowest BCUT2D eigenvalue weighted by molar-refractivity contribution is 0.0937. The molecule has 7 nitrogen and oxygen atoms in total. The minimum atomic E-state index is -0.392. The summed E-state index contributed by atoms with van der Waals surface area (Å²) in [7, 11) is 5.29. The first kappa shape index (κ1) is 20.7. The van der Waals surface area contributed by atoms with Crippen molar-refractivity contribution in [3.63, 3.8) is 0 Å². The summed E-state index contributed by atoms with van der Waals surface area (Å²) in [6.07, 6.45) is 0. The average molecular weight is 435 g/mol. The number of amides is 3. The molecule has 0 aliphatic carbocycles. The van der Waals surface area contributed by atoms with Gasteiger partial charge in [-0.05, 0) is 36.4 Å². The minimum absolute atomic E-state index is 0.230. The third-order valence-corrected chi connectivity index (χ3v) is 4.15. The van der Waals surface area contributed by atoms with Crippen molar-refractivity contribution in [2.75, 3.05) is 49.9 Å². The molecule has 0 aliphatic heterocycles. The van der Waals surface area contributed by atoms with Gasteiger partial charge in [0.2, 0.25) is 0 Å². The summed E-state index contributed by atoms with van der Waals surface area (Å²) in [5, 5.41) is 8.30. The standard InChI is InChI=1S/C19H23BrN4O3/c1-24(2)17-8-7-15(12-16(17)18(25)21-9-10-27-3)23-19(26)22-14-6-4-5-13(20)11-14/h4-8,11-12H,9-10H2,1-3H3,(H,21,25)(H2,22,23,26). The number of nitrogens with one attached hydrogen (secondary N) is 3. The van der Waals surface area contributed by atoms with Gasteiger partial charge in [-0.15, -0.1) is 0 Å². The monoisotopic (exact) mass is 434 g/mol. The average Bonchev–Trinajstić information content (AvgIpc) is 2.61. The molecule has 2 aromatic carbocycles. The summed E-state index contributed by atoms with van der Waals surface area (Å²) in [4.78, 5) is 26.6. The Hall–Kier alpha value is -2.58. The van der Waals surface area contributed by atoms with Gasteiger partial charge in [0.05, 0.1) is 12.2 Å². The van der Waals surface area contributed by atoms with Crippen molar-refractivity contribution in [1.29, 1.82) is 0 Å². The van der Waals surface area contributed by atoms with Crippen LogP contribution in [0.2, 0.25) is 0 Å². The number of rotatable bonds is 7. The van der Waals surface area contributed by atoms with E-state index in [0.29, 0.717) is 30.1 Å². The van der Waals surface area contributed by atoms with Crippen LogP contribution in [0.1, 0.15) is 10.4 Å². The molecule has 8 heteroatoms. The van der Waals surface area contributed by atoms with E-state index in [1.54, 1.807) is 37.4 Å². The van der Waals surface area contributed by atoms with Crippen molar-refractivity contribution >= 4 is 44.9 Å². The van der Waals surface area contributed by atoms with Crippen LogP contribution in [0.3, 0.4) is 0 Å². The van der Waals surface area contributed by atoms with E-state index in [1.807, 2.05) is 31.1 Å². The molecule has 0 spiro atoms. The number of benzene rings is 2. The predicted molar refractivity (Wildman–Crippen MR) is 112 cm³/mol. The minimum Gasteiger partial charge on any atom is -0.383 e. The van der Waals surface area contributed by atoms with Crippen LogP contribution in [0.4, 0.5) is 21.9 Å². The molecule has 3 N–H and O–H groups in total. The summed E-state index contributed by atoms with van der Waals surface area (Å²) in [6.45, 7) is 0.833. The summed E-state index contributed by atoms with van der Waals surface area (Å²) in [6, 6.07) is 12.1. The molecule has 0 radical (unpaired) electrons. The van der Waals surface area contributed by atoms with Gasteiger partial charge in [0.1, 0.15) is 0 Å². The summed E-state index contributed by atoms with van der Waals surface area (Å²) >= 11 is 3.36. The Morgan fingerprint density at radius 2 is 1.78 bits per heavy atom. The number of nitrogens with zero attached hydrogens (tertiary/aromatic N) is 1. The van der Waals surface area contributed by atoms with Crippen molar-refractivity contribution in [1.82, 2.24) is 5.32 Å². The van der Waals surface area contributed by atoms with Gasteiger partial charge in [0.15, 0.2) is 0 Å². The van der Waals surface area contributed by atoms with Crippen molar-refractivity contribution in [3.05, 3.63) is 52.5 Å². The molecule has 0 unspecified atom stereocenters. The highest BCUT2D eigenvalue weighted by atomic mass is 79.9. The molecule has 0 heterocycles. The predicted octanol–water partition coefficient (Wildman–Crippen LogP) is 3.54. The van der Waals surface area contributed by atoms with E-state index in [2.05, 4.69) is 31.9 Å². The Kier molecular flexibility index (Phi) is 7.63. The number of hydrogen-bond donors (Lipinski definition) is 3. The van der Waals surface area contributed by atoms with Crippen LogP contribution in [0.25, 0.3) is 0 Å². The van der Waals surface area contributed by atoms with Gasteiger partial charge in [0.25, 0.3) is 5.91 Å². The summed E-state index contributed by atoms with van der Waals surface area (Å²) in [5.74, 6) is -0.230. The number of ether oxygens (including phenoxy) is 1. The van der Waals surface area contributed by atoms with Crippen LogP contribution in [-0.2, 0) is 4.74 Å². The molecule has 0 saturated heterocycles. The zero-order valence-electron chi connectivity index (χ0n) is 15.5. The number of carbonyl (C=O) groups is 2. The lowest BCUT2D eigenvalue weighted by atomic mass is 10.1. The van der Waals surface area contributed by atoms with Crippen LogP contribution >= 0.6 is 15.9 Å². The van der Waals surface area contributed by atoms with E-state index in [4.69, 9.17) is 4.74 Å². The van der Waals surface area contributed by atoms with Crippen LogP contribution in [0.15, 0.2) is 46.9 Å². The molecule has 27 heavy (non-hydrogen) atoms. The zero-order valence-corrected chi connectivity index (χ0v) is 17.1. The number of methoxy groups -OCH3 is 1. The SMILES string of the molecule is COCCNC(=O)c1cc(NC(=O)Nc2cccc(Br)c2)ccc1N(C)C. The van der Waals surface area contributed by atoms with Gasteiger partial charge in [-0.1, -0.05) is 22.0 Å². The number of urea groups is 1. The maximum atomic E-state index is 12.5. The van der Waals surface area contributed by atoms with Gasteiger partial charge >= 0.3 is 6.03 Å². The highest BCUT2D eigenvalue weighted by Gasteiger charge is 2.14. The van der Waals surface area contributed by atoms with Crippen molar-refractivity contribution in [3.8, 4) is 0 Å². The number of halogens is 1. The van der Waals surface area contributed by atoms with Gasteiger partial charge in [0, 0.05) is 49.3 Å². The lowest BCUT2D eigenvalue weighted by Gasteiger charge is -2.18. The normalized spacial score (nSPS) is 10.2. The third kappa shape index (κ3) is 6.26. The molecule has 0 bridgehead atoms. The Morgan fingerprint density at radius 1 is 1.07 bits per heavy atom. The maximum absolute atomic E-state index is 12.5. The van der Waals surface area contributed by atoms with E-state index in [0.717, 1.165) is 10.2 Å². The molecule has 0 fully saturated rings. The smallest absolute Gasteiger partial charge is 0.323 e. The fourth-order valence-electron chi connectivity index (χ4n) is 2.41. The quantitative estimate of drug-likeness (QED) is 0.582. The van der Waals surface area contributed by atoms with E-state index in [-0.39, 0.29) is 5.91 Å². The molecule has 0 aliphatic rings. The van der Waals surface area contributed by atoms with E-state index in [1.165, 1.54) is 0 Å². The highest BCUT2D eigenvalue weighted by Crippen LogP contribution is 2.23. The molecule has 3 amide bonds. The van der Waals surface area contributed by atoms with Crippen molar-refractivity contribution in [2.45, 2.75) is 0 Å². The third-order valence-electron chi connectivity index (χ3n) is 3.66. The molecule has 0 atom stereocenters. The van der Waals surface area contributed by atoms with E-state index < -0.39 is 6.03 Å². The molecule has 0 saturated carbocycles. The largest absolute Gasteiger partial charge is 0.383 e.